The maximum Gasteiger partial charge on any atom is 0.323 e. The highest BCUT2D eigenvalue weighted by Gasteiger charge is 2.14. The van der Waals surface area contributed by atoms with Gasteiger partial charge in [0.15, 0.2) is 5.96 Å². The summed E-state index contributed by atoms with van der Waals surface area (Å²) in [5.41, 5.74) is 10.4. The second kappa shape index (κ2) is 13.7. The molecule has 24 heavy (non-hydrogen) atoms. The van der Waals surface area contributed by atoms with Crippen LogP contribution in [-0.2, 0) is 14.4 Å². The fourth-order valence-electron chi connectivity index (χ4n) is 0.858. The molecule has 0 spiro atoms. The minimum absolute atomic E-state index is 0.0994. The van der Waals surface area contributed by atoms with E-state index < -0.39 is 30.0 Å². The van der Waals surface area contributed by atoms with Gasteiger partial charge in [0, 0.05) is 25.6 Å². The van der Waals surface area contributed by atoms with E-state index in [9.17, 15) is 14.4 Å². The number of carboxylic acids is 3. The Hall–Kier alpha value is -1.70. The van der Waals surface area contributed by atoms with E-state index in [1.54, 1.807) is 7.05 Å². The van der Waals surface area contributed by atoms with Gasteiger partial charge in [0.05, 0.1) is 0 Å². The first-order chi connectivity index (χ1) is 11.0. The quantitative estimate of drug-likeness (QED) is 0.103. The van der Waals surface area contributed by atoms with Gasteiger partial charge in [0.2, 0.25) is 0 Å². The molecule has 13 heteroatoms. The van der Waals surface area contributed by atoms with Gasteiger partial charge < -0.3 is 37.0 Å². The van der Waals surface area contributed by atoms with Crippen LogP contribution in [0.25, 0.3) is 0 Å². The molecular weight excluding hydrogens is 362 g/mol. The number of carboxylic acid groups (broad SMARTS) is 3. The van der Waals surface area contributed by atoms with Crippen LogP contribution < -0.4 is 16.8 Å². The van der Waals surface area contributed by atoms with Crippen molar-refractivity contribution in [1.82, 2.24) is 10.2 Å². The van der Waals surface area contributed by atoms with E-state index in [1.807, 2.05) is 0 Å². The van der Waals surface area contributed by atoms with Crippen molar-refractivity contribution in [2.24, 2.45) is 11.5 Å². The molecule has 0 saturated heterocycles. The van der Waals surface area contributed by atoms with Gasteiger partial charge in [0.1, 0.15) is 18.6 Å². The summed E-state index contributed by atoms with van der Waals surface area (Å²) in [7, 11) is 5.51. The molecule has 0 heterocycles. The highest BCUT2D eigenvalue weighted by molar-refractivity contribution is 8.76. The number of aliphatic carboxylic acids is 3. The Balaban J connectivity index is 0. The number of hydrogen-bond acceptors (Lipinski definition) is 8. The molecule has 0 aromatic carbocycles. The summed E-state index contributed by atoms with van der Waals surface area (Å²) in [6.07, 6.45) is 0. The van der Waals surface area contributed by atoms with Crippen LogP contribution in [0.4, 0.5) is 0 Å². The molecule has 11 nitrogen and oxygen atoms in total. The van der Waals surface area contributed by atoms with Gasteiger partial charge in [-0.2, -0.15) is 0 Å². The Morgan fingerprint density at radius 2 is 1.46 bits per heavy atom. The Bertz CT molecular complexity index is 417. The zero-order chi connectivity index (χ0) is 19.3. The third-order valence-electron chi connectivity index (χ3n) is 2.20. The van der Waals surface area contributed by atoms with Crippen molar-refractivity contribution in [3.8, 4) is 0 Å². The lowest BCUT2D eigenvalue weighted by Gasteiger charge is -2.15. The number of nitrogens with one attached hydrogen (secondary N) is 2. The van der Waals surface area contributed by atoms with E-state index in [0.717, 1.165) is 0 Å². The number of carbonyl (C=O) groups is 3. The smallest absolute Gasteiger partial charge is 0.323 e. The Kier molecular flexibility index (Phi) is 14.0. The lowest BCUT2D eigenvalue weighted by atomic mass is 10.4. The average Bonchev–Trinajstić information content (AvgIpc) is 2.49. The summed E-state index contributed by atoms with van der Waals surface area (Å²) in [6.45, 7) is -0.153. The molecule has 0 amide bonds. The van der Waals surface area contributed by atoms with Crippen LogP contribution in [0.1, 0.15) is 0 Å². The lowest BCUT2D eigenvalue weighted by molar-refractivity contribution is -0.138. The molecule has 0 bridgehead atoms. The van der Waals surface area contributed by atoms with E-state index in [4.69, 9.17) is 32.2 Å². The topological polar surface area (TPSA) is 203 Å². The third-order valence-corrected chi connectivity index (χ3v) is 4.68. The van der Waals surface area contributed by atoms with Crippen LogP contribution in [0.2, 0.25) is 0 Å². The van der Waals surface area contributed by atoms with Gasteiger partial charge in [0.25, 0.3) is 0 Å². The zero-order valence-corrected chi connectivity index (χ0v) is 14.9. The largest absolute Gasteiger partial charge is 0.480 e. The Morgan fingerprint density at radius 3 is 1.71 bits per heavy atom. The van der Waals surface area contributed by atoms with Gasteiger partial charge in [-0.15, -0.1) is 0 Å². The number of nitrogens with zero attached hydrogens (tertiary/aromatic N) is 1. The van der Waals surface area contributed by atoms with Crippen molar-refractivity contribution in [3.63, 3.8) is 0 Å². The van der Waals surface area contributed by atoms with Crippen molar-refractivity contribution >= 4 is 45.5 Å². The molecule has 0 unspecified atom stereocenters. The van der Waals surface area contributed by atoms with E-state index in [1.165, 1.54) is 33.5 Å². The first-order valence-corrected chi connectivity index (χ1v) is 8.92. The molecule has 0 radical (unpaired) electrons. The van der Waals surface area contributed by atoms with Crippen LogP contribution >= 0.6 is 21.6 Å². The highest BCUT2D eigenvalue weighted by atomic mass is 33.1. The number of nitrogens with two attached hydrogens (primary N) is 2. The van der Waals surface area contributed by atoms with Crippen LogP contribution in [0.5, 0.6) is 0 Å². The normalized spacial score (nSPS) is 12.2. The average molecular weight is 385 g/mol. The molecule has 0 aliphatic rings. The summed E-state index contributed by atoms with van der Waals surface area (Å²) in [5, 5.41) is 34.7. The standard InChI is InChI=1S/C6H12N2O4S2.C5H11N3O2/c7-3(5(9)10)1-13-14-2-4(8)6(11)12;1-7-5(6)8(2)3-4(9)10/h3-4H,1-2,7-8H2,(H,9,10)(H,11,12);3H2,1-2H3,(H2,6,7)(H,9,10)/t3-,4-;/m0./s1. The second-order valence-corrected chi connectivity index (χ2v) is 6.86. The van der Waals surface area contributed by atoms with Crippen molar-refractivity contribution < 1.29 is 29.7 Å². The second-order valence-electron chi connectivity index (χ2n) is 4.31. The third kappa shape index (κ3) is 13.9. The molecule has 0 aliphatic heterocycles. The molecule has 0 fully saturated rings. The number of hydrogen-bond donors (Lipinski definition) is 7. The van der Waals surface area contributed by atoms with Crippen molar-refractivity contribution in [2.45, 2.75) is 12.1 Å². The van der Waals surface area contributed by atoms with Gasteiger partial charge in [-0.25, -0.2) is 0 Å². The maximum atomic E-state index is 10.3. The van der Waals surface area contributed by atoms with E-state index in [-0.39, 0.29) is 24.0 Å². The van der Waals surface area contributed by atoms with Crippen molar-refractivity contribution in [3.05, 3.63) is 0 Å². The molecule has 0 aromatic rings. The molecule has 0 aromatic heterocycles. The van der Waals surface area contributed by atoms with Crippen molar-refractivity contribution in [1.29, 1.82) is 5.41 Å². The van der Waals surface area contributed by atoms with E-state index in [2.05, 4.69) is 5.32 Å². The number of rotatable bonds is 9. The molecular formula is C11H23N5O6S2. The molecule has 140 valence electrons. The summed E-state index contributed by atoms with van der Waals surface area (Å²) in [6, 6.07) is -1.85. The zero-order valence-electron chi connectivity index (χ0n) is 13.3. The van der Waals surface area contributed by atoms with Crippen molar-refractivity contribution in [2.75, 3.05) is 32.1 Å². The molecule has 0 saturated carbocycles. The Morgan fingerprint density at radius 1 is 1.08 bits per heavy atom. The summed E-state index contributed by atoms with van der Waals surface area (Å²) in [5.74, 6) is -2.52. The predicted octanol–water partition coefficient (Wildman–Crippen LogP) is -1.65. The summed E-state index contributed by atoms with van der Waals surface area (Å²) >= 11 is 0. The van der Waals surface area contributed by atoms with E-state index >= 15 is 0 Å². The minimum Gasteiger partial charge on any atom is -0.480 e. The Labute approximate surface area is 147 Å². The fourth-order valence-corrected chi connectivity index (χ4v) is 3.09. The number of guanidine groups is 1. The molecule has 9 N–H and O–H groups in total. The summed E-state index contributed by atoms with van der Waals surface area (Å²) in [4.78, 5) is 31.9. The fraction of sp³-hybridized carbons (Fsp3) is 0.636. The number of likely N-dealkylation sites (N-methyl/N-ethyl adjacent to an activating group) is 1. The molecule has 0 aliphatic carbocycles. The maximum absolute atomic E-state index is 10.3. The lowest BCUT2D eigenvalue weighted by Crippen LogP contribution is -2.38. The van der Waals surface area contributed by atoms with Gasteiger partial charge in [-0.1, -0.05) is 21.6 Å². The molecule has 2 atom stereocenters. The van der Waals surface area contributed by atoms with Crippen LogP contribution in [0, 0.1) is 5.41 Å². The molecule has 0 rings (SSSR count). The predicted molar refractivity (Wildman–Crippen MR) is 93.2 cm³/mol. The van der Waals surface area contributed by atoms with Gasteiger partial charge in [-0.05, 0) is 0 Å². The van der Waals surface area contributed by atoms with Crippen LogP contribution in [0.15, 0.2) is 0 Å². The van der Waals surface area contributed by atoms with Gasteiger partial charge in [-0.3, -0.25) is 19.8 Å². The SMILES string of the molecule is CNC(=N)N(C)CC(=O)O.N[C@@H](CSSC[C@H](N)C(=O)O)C(=O)O. The summed E-state index contributed by atoms with van der Waals surface area (Å²) < 4.78 is 0. The van der Waals surface area contributed by atoms with Crippen LogP contribution in [0.3, 0.4) is 0 Å². The van der Waals surface area contributed by atoms with Gasteiger partial charge >= 0.3 is 17.9 Å². The minimum atomic E-state index is -1.07. The van der Waals surface area contributed by atoms with E-state index in [0.29, 0.717) is 0 Å². The monoisotopic (exact) mass is 385 g/mol. The first-order valence-electron chi connectivity index (χ1n) is 6.43. The van der Waals surface area contributed by atoms with Crippen LogP contribution in [-0.4, -0.2) is 88.3 Å². The highest BCUT2D eigenvalue weighted by Crippen LogP contribution is 2.22. The first kappa shape index (κ1) is 24.6.